The van der Waals surface area contributed by atoms with Gasteiger partial charge in [0, 0.05) is 29.1 Å². The van der Waals surface area contributed by atoms with E-state index in [4.69, 9.17) is 11.6 Å². The van der Waals surface area contributed by atoms with Gasteiger partial charge in [0.2, 0.25) is 0 Å². The predicted molar refractivity (Wildman–Crippen MR) is 64.0 cm³/mol. The van der Waals surface area contributed by atoms with Gasteiger partial charge in [-0.15, -0.1) is 11.6 Å². The smallest absolute Gasteiger partial charge is 0.260 e. The first-order chi connectivity index (χ1) is 7.47. The summed E-state index contributed by atoms with van der Waals surface area (Å²) in [5, 5.41) is 10.7. The fourth-order valence-electron chi connectivity index (χ4n) is 1.70. The first-order valence-electron chi connectivity index (χ1n) is 5.22. The monoisotopic (exact) mass is 242 g/mol. The van der Waals surface area contributed by atoms with E-state index in [0.29, 0.717) is 11.3 Å². The first kappa shape index (κ1) is 12.9. The van der Waals surface area contributed by atoms with Gasteiger partial charge in [-0.25, -0.2) is 0 Å². The molecule has 0 spiro atoms. The lowest BCUT2D eigenvalue weighted by atomic mass is 9.97. The summed E-state index contributed by atoms with van der Waals surface area (Å²) in [6.07, 6.45) is 2.35. The molecule has 0 amide bonds. The van der Waals surface area contributed by atoms with Gasteiger partial charge < -0.3 is 0 Å². The van der Waals surface area contributed by atoms with Gasteiger partial charge in [-0.2, -0.15) is 0 Å². The molecular weight excluding hydrogens is 228 g/mol. The molecule has 2 atom stereocenters. The standard InChI is InChI=1S/C11H15ClN2O2/c1-4-9(8(3)12)10-5-11(14(15)16)7(2)6-13-10/h5-6,8-9H,4H2,1-3H3. The van der Waals surface area contributed by atoms with Crippen LogP contribution in [0.3, 0.4) is 0 Å². The van der Waals surface area contributed by atoms with Crippen LogP contribution in [0.5, 0.6) is 0 Å². The molecule has 0 fully saturated rings. The Balaban J connectivity index is 3.15. The molecule has 0 bridgehead atoms. The Morgan fingerprint density at radius 3 is 2.69 bits per heavy atom. The van der Waals surface area contributed by atoms with Crippen molar-refractivity contribution in [2.45, 2.75) is 38.5 Å². The number of alkyl halides is 1. The number of halogens is 1. The summed E-state index contributed by atoms with van der Waals surface area (Å²) in [6.45, 7) is 5.56. The van der Waals surface area contributed by atoms with Crippen molar-refractivity contribution in [2.24, 2.45) is 0 Å². The van der Waals surface area contributed by atoms with E-state index in [1.807, 2.05) is 13.8 Å². The van der Waals surface area contributed by atoms with Gasteiger partial charge in [0.15, 0.2) is 0 Å². The highest BCUT2D eigenvalue weighted by Gasteiger charge is 2.20. The second-order valence-electron chi connectivity index (χ2n) is 3.85. The highest BCUT2D eigenvalue weighted by atomic mass is 35.5. The van der Waals surface area contributed by atoms with E-state index in [1.165, 1.54) is 12.3 Å². The van der Waals surface area contributed by atoms with Crippen LogP contribution in [0.2, 0.25) is 0 Å². The van der Waals surface area contributed by atoms with Crippen LogP contribution >= 0.6 is 11.6 Å². The molecule has 1 aromatic rings. The third-order valence-electron chi connectivity index (χ3n) is 2.67. The maximum absolute atomic E-state index is 10.8. The molecule has 0 aliphatic heterocycles. The van der Waals surface area contributed by atoms with E-state index >= 15 is 0 Å². The Bertz CT molecular complexity index is 394. The second-order valence-corrected chi connectivity index (χ2v) is 4.53. The molecule has 2 unspecified atom stereocenters. The molecule has 1 heterocycles. The SMILES string of the molecule is CCC(c1cc([N+](=O)[O-])c(C)cn1)C(C)Cl. The minimum absolute atomic E-state index is 0.0565. The number of nitro groups is 1. The Morgan fingerprint density at radius 1 is 1.62 bits per heavy atom. The first-order valence-corrected chi connectivity index (χ1v) is 5.66. The minimum Gasteiger partial charge on any atom is -0.260 e. The minimum atomic E-state index is -0.383. The molecule has 0 aromatic carbocycles. The van der Waals surface area contributed by atoms with Crippen LogP contribution in [0.25, 0.3) is 0 Å². The topological polar surface area (TPSA) is 56.0 Å². The van der Waals surface area contributed by atoms with Crippen molar-refractivity contribution >= 4 is 17.3 Å². The van der Waals surface area contributed by atoms with Crippen LogP contribution in [0.15, 0.2) is 12.3 Å². The van der Waals surface area contributed by atoms with E-state index < -0.39 is 0 Å². The lowest BCUT2D eigenvalue weighted by Gasteiger charge is -2.16. The summed E-state index contributed by atoms with van der Waals surface area (Å²) in [5.41, 5.74) is 1.38. The van der Waals surface area contributed by atoms with Crippen LogP contribution in [0, 0.1) is 17.0 Å². The summed E-state index contributed by atoms with van der Waals surface area (Å²) in [5.74, 6) is 0.0565. The van der Waals surface area contributed by atoms with Crippen molar-refractivity contribution in [2.75, 3.05) is 0 Å². The summed E-state index contributed by atoms with van der Waals surface area (Å²) in [4.78, 5) is 14.6. The molecule has 0 saturated carbocycles. The van der Waals surface area contributed by atoms with Gasteiger partial charge in [0.1, 0.15) is 0 Å². The van der Waals surface area contributed by atoms with E-state index in [-0.39, 0.29) is 21.9 Å². The Labute approximate surface area is 99.8 Å². The summed E-state index contributed by atoms with van der Waals surface area (Å²) in [7, 11) is 0. The zero-order valence-corrected chi connectivity index (χ0v) is 10.4. The molecule has 1 aromatic heterocycles. The summed E-state index contributed by atoms with van der Waals surface area (Å²) in [6, 6.07) is 1.53. The zero-order valence-electron chi connectivity index (χ0n) is 9.61. The van der Waals surface area contributed by atoms with Gasteiger partial charge in [-0.1, -0.05) is 6.92 Å². The van der Waals surface area contributed by atoms with Crippen LogP contribution in [-0.4, -0.2) is 15.3 Å². The molecule has 16 heavy (non-hydrogen) atoms. The van der Waals surface area contributed by atoms with E-state index in [9.17, 15) is 10.1 Å². The number of pyridine rings is 1. The molecule has 0 saturated heterocycles. The zero-order chi connectivity index (χ0) is 12.3. The summed E-state index contributed by atoms with van der Waals surface area (Å²) >= 11 is 6.04. The predicted octanol–water partition coefficient (Wildman–Crippen LogP) is 3.42. The quantitative estimate of drug-likeness (QED) is 0.462. The molecular formula is C11H15ClN2O2. The normalized spacial score (nSPS) is 14.5. The van der Waals surface area contributed by atoms with Crippen LogP contribution < -0.4 is 0 Å². The van der Waals surface area contributed by atoms with Crippen molar-refractivity contribution in [3.63, 3.8) is 0 Å². The molecule has 0 aliphatic rings. The van der Waals surface area contributed by atoms with Gasteiger partial charge in [0.25, 0.3) is 5.69 Å². The molecule has 0 radical (unpaired) electrons. The number of rotatable bonds is 4. The Morgan fingerprint density at radius 2 is 2.25 bits per heavy atom. The van der Waals surface area contributed by atoms with Crippen molar-refractivity contribution in [1.82, 2.24) is 4.98 Å². The van der Waals surface area contributed by atoms with E-state index in [0.717, 1.165) is 6.42 Å². The number of hydrogen-bond acceptors (Lipinski definition) is 3. The lowest BCUT2D eigenvalue weighted by Crippen LogP contribution is -2.11. The van der Waals surface area contributed by atoms with Gasteiger partial charge >= 0.3 is 0 Å². The number of aryl methyl sites for hydroxylation is 1. The number of hydrogen-bond donors (Lipinski definition) is 0. The molecule has 4 nitrogen and oxygen atoms in total. The van der Waals surface area contributed by atoms with Crippen molar-refractivity contribution < 1.29 is 4.92 Å². The average Bonchev–Trinajstić information content (AvgIpc) is 2.20. The van der Waals surface area contributed by atoms with Crippen molar-refractivity contribution in [1.29, 1.82) is 0 Å². The van der Waals surface area contributed by atoms with E-state index in [1.54, 1.807) is 6.92 Å². The molecule has 5 heteroatoms. The van der Waals surface area contributed by atoms with Gasteiger partial charge in [0.05, 0.1) is 10.6 Å². The fraction of sp³-hybridized carbons (Fsp3) is 0.545. The molecule has 88 valence electrons. The number of aromatic nitrogens is 1. The number of nitrogens with zero attached hydrogens (tertiary/aromatic N) is 2. The second kappa shape index (κ2) is 5.25. The molecule has 0 N–H and O–H groups in total. The van der Waals surface area contributed by atoms with Crippen molar-refractivity contribution in [3.05, 3.63) is 33.6 Å². The summed E-state index contributed by atoms with van der Waals surface area (Å²) < 4.78 is 0. The van der Waals surface area contributed by atoms with Gasteiger partial charge in [-0.3, -0.25) is 15.1 Å². The largest absolute Gasteiger partial charge is 0.275 e. The van der Waals surface area contributed by atoms with Gasteiger partial charge in [-0.05, 0) is 20.3 Å². The maximum Gasteiger partial charge on any atom is 0.275 e. The van der Waals surface area contributed by atoms with Crippen LogP contribution in [0.4, 0.5) is 5.69 Å². The lowest BCUT2D eigenvalue weighted by molar-refractivity contribution is -0.385. The third kappa shape index (κ3) is 2.70. The maximum atomic E-state index is 10.8. The fourth-order valence-corrected chi connectivity index (χ4v) is 2.00. The highest BCUT2D eigenvalue weighted by molar-refractivity contribution is 6.20. The van der Waals surface area contributed by atoms with Crippen LogP contribution in [-0.2, 0) is 0 Å². The van der Waals surface area contributed by atoms with Crippen molar-refractivity contribution in [3.8, 4) is 0 Å². The Kier molecular flexibility index (Phi) is 4.24. The highest BCUT2D eigenvalue weighted by Crippen LogP contribution is 2.28. The molecule has 0 aliphatic carbocycles. The van der Waals surface area contributed by atoms with E-state index in [2.05, 4.69) is 4.98 Å². The third-order valence-corrected chi connectivity index (χ3v) is 2.97. The Hall–Kier alpha value is -1.16. The average molecular weight is 243 g/mol. The molecule has 1 rings (SSSR count). The van der Waals surface area contributed by atoms with Crippen LogP contribution in [0.1, 0.15) is 37.4 Å².